The fourth-order valence-electron chi connectivity index (χ4n) is 2.45. The van der Waals surface area contributed by atoms with Gasteiger partial charge in [0.1, 0.15) is 5.78 Å². The summed E-state index contributed by atoms with van der Waals surface area (Å²) >= 11 is 0. The first-order chi connectivity index (χ1) is 12.0. The lowest BCUT2D eigenvalue weighted by Gasteiger charge is -2.15. The Labute approximate surface area is 151 Å². The minimum absolute atomic E-state index is 0.0324. The van der Waals surface area contributed by atoms with Crippen LogP contribution in [0.15, 0.2) is 34.9 Å². The molecule has 2 N–H and O–H groups in total. The van der Waals surface area contributed by atoms with Crippen molar-refractivity contribution in [3.63, 3.8) is 0 Å². The van der Waals surface area contributed by atoms with E-state index in [2.05, 4.69) is 30.9 Å². The second-order valence-corrected chi connectivity index (χ2v) is 6.46. The summed E-state index contributed by atoms with van der Waals surface area (Å²) in [6.45, 7) is 8.35. The van der Waals surface area contributed by atoms with Crippen molar-refractivity contribution in [1.29, 1.82) is 0 Å². The van der Waals surface area contributed by atoms with Crippen LogP contribution in [0, 0.1) is 5.92 Å². The fraction of sp³-hybridized carbons (Fsp3) is 0.550. The standard InChI is InChI=1S/C17H24N2O.C3H7NO/c1-4-9-15(12-13(3)5-2)17-18-16(19-20-17)14-10-7-6-8-11-14;1-3(5)2-4/h6-8,10-11,13,15H,4-5,9,12H2,1-3H3;2,4H2,1H3. The molecular formula is C20H31N3O2. The van der Waals surface area contributed by atoms with Crippen molar-refractivity contribution in [3.05, 3.63) is 36.2 Å². The van der Waals surface area contributed by atoms with Crippen LogP contribution < -0.4 is 5.73 Å². The third-order valence-electron chi connectivity index (χ3n) is 4.13. The predicted octanol–water partition coefficient (Wildman–Crippen LogP) is 4.59. The van der Waals surface area contributed by atoms with Crippen molar-refractivity contribution in [3.8, 4) is 11.4 Å². The van der Waals surface area contributed by atoms with Crippen molar-refractivity contribution in [1.82, 2.24) is 10.1 Å². The van der Waals surface area contributed by atoms with Gasteiger partial charge in [0.25, 0.3) is 0 Å². The molecule has 2 atom stereocenters. The number of rotatable bonds is 8. The zero-order chi connectivity index (χ0) is 18.7. The van der Waals surface area contributed by atoms with Crippen molar-refractivity contribution in [2.24, 2.45) is 11.7 Å². The molecule has 138 valence electrons. The number of ketones is 1. The Morgan fingerprint density at radius 2 is 1.88 bits per heavy atom. The highest BCUT2D eigenvalue weighted by Gasteiger charge is 2.20. The second kappa shape index (κ2) is 11.5. The van der Waals surface area contributed by atoms with E-state index in [1.54, 1.807) is 0 Å². The topological polar surface area (TPSA) is 82.0 Å². The molecule has 0 bridgehead atoms. The van der Waals surface area contributed by atoms with E-state index in [4.69, 9.17) is 10.3 Å². The SMILES string of the molecule is CC(=O)CN.CCCC(CC(C)CC)c1nc(-c2ccccc2)no1. The summed E-state index contributed by atoms with van der Waals surface area (Å²) in [4.78, 5) is 14.3. The number of hydrogen-bond donors (Lipinski definition) is 1. The summed E-state index contributed by atoms with van der Waals surface area (Å²) in [6.07, 6.45) is 4.57. The molecule has 1 aromatic carbocycles. The van der Waals surface area contributed by atoms with E-state index in [1.165, 1.54) is 13.3 Å². The van der Waals surface area contributed by atoms with Crippen LogP contribution >= 0.6 is 0 Å². The van der Waals surface area contributed by atoms with Crippen LogP contribution in [-0.2, 0) is 4.79 Å². The van der Waals surface area contributed by atoms with Crippen LogP contribution in [0.1, 0.15) is 65.2 Å². The highest BCUT2D eigenvalue weighted by atomic mass is 16.5. The zero-order valence-corrected chi connectivity index (χ0v) is 15.9. The molecule has 25 heavy (non-hydrogen) atoms. The van der Waals surface area contributed by atoms with Crippen molar-refractivity contribution < 1.29 is 9.32 Å². The van der Waals surface area contributed by atoms with Crippen LogP contribution in [-0.4, -0.2) is 22.5 Å². The minimum Gasteiger partial charge on any atom is -0.339 e. The second-order valence-electron chi connectivity index (χ2n) is 6.46. The molecule has 0 fully saturated rings. The summed E-state index contributed by atoms with van der Waals surface area (Å²) < 4.78 is 5.52. The Balaban J connectivity index is 0.000000550. The van der Waals surface area contributed by atoms with Gasteiger partial charge in [-0.3, -0.25) is 4.79 Å². The number of carbonyl (C=O) groups is 1. The molecule has 0 radical (unpaired) electrons. The number of Topliss-reactive ketones (excluding diaryl/α,β-unsaturated/α-hetero) is 1. The molecule has 1 aromatic heterocycles. The lowest BCUT2D eigenvalue weighted by Crippen LogP contribution is -2.07. The third-order valence-corrected chi connectivity index (χ3v) is 4.13. The van der Waals surface area contributed by atoms with Crippen LogP contribution in [0.3, 0.4) is 0 Å². The number of aromatic nitrogens is 2. The van der Waals surface area contributed by atoms with Crippen LogP contribution in [0.2, 0.25) is 0 Å². The molecule has 2 unspecified atom stereocenters. The molecule has 0 saturated carbocycles. The van der Waals surface area contributed by atoms with E-state index in [-0.39, 0.29) is 12.3 Å². The monoisotopic (exact) mass is 345 g/mol. The Kier molecular flexibility index (Phi) is 9.70. The number of nitrogens with zero attached hydrogens (tertiary/aromatic N) is 2. The van der Waals surface area contributed by atoms with E-state index in [9.17, 15) is 4.79 Å². The first-order valence-corrected chi connectivity index (χ1v) is 9.10. The molecule has 0 saturated heterocycles. The fourth-order valence-corrected chi connectivity index (χ4v) is 2.45. The molecule has 5 nitrogen and oxygen atoms in total. The van der Waals surface area contributed by atoms with Gasteiger partial charge >= 0.3 is 0 Å². The van der Waals surface area contributed by atoms with Crippen molar-refractivity contribution >= 4 is 5.78 Å². The average Bonchev–Trinajstić information content (AvgIpc) is 3.12. The van der Waals surface area contributed by atoms with Crippen LogP contribution in [0.4, 0.5) is 0 Å². The molecule has 0 spiro atoms. The van der Waals surface area contributed by atoms with Gasteiger partial charge in [-0.25, -0.2) is 0 Å². The lowest BCUT2D eigenvalue weighted by atomic mass is 9.90. The van der Waals surface area contributed by atoms with E-state index in [0.29, 0.717) is 17.7 Å². The Bertz CT molecular complexity index is 610. The van der Waals surface area contributed by atoms with Crippen LogP contribution in [0.5, 0.6) is 0 Å². The van der Waals surface area contributed by atoms with E-state index in [0.717, 1.165) is 30.7 Å². The minimum atomic E-state index is 0.0324. The number of benzene rings is 1. The Morgan fingerprint density at radius 3 is 2.40 bits per heavy atom. The lowest BCUT2D eigenvalue weighted by molar-refractivity contribution is -0.115. The van der Waals surface area contributed by atoms with Gasteiger partial charge in [-0.15, -0.1) is 0 Å². The molecule has 1 heterocycles. The first kappa shape index (κ1) is 21.0. The Hall–Kier alpha value is -2.01. The quantitative estimate of drug-likeness (QED) is 0.756. The molecule has 0 aliphatic rings. The summed E-state index contributed by atoms with van der Waals surface area (Å²) in [5.41, 5.74) is 5.84. The molecule has 0 amide bonds. The van der Waals surface area contributed by atoms with E-state index < -0.39 is 0 Å². The highest BCUT2D eigenvalue weighted by Crippen LogP contribution is 2.29. The van der Waals surface area contributed by atoms with Gasteiger partial charge in [-0.1, -0.05) is 69.1 Å². The predicted molar refractivity (Wildman–Crippen MR) is 101 cm³/mol. The maximum atomic E-state index is 9.69. The maximum Gasteiger partial charge on any atom is 0.230 e. The van der Waals surface area contributed by atoms with Gasteiger partial charge in [0.2, 0.25) is 11.7 Å². The number of nitrogens with two attached hydrogens (primary N) is 1. The molecular weight excluding hydrogens is 314 g/mol. The number of hydrogen-bond acceptors (Lipinski definition) is 5. The summed E-state index contributed by atoms with van der Waals surface area (Å²) in [6, 6.07) is 10.0. The van der Waals surface area contributed by atoms with Gasteiger partial charge < -0.3 is 10.3 Å². The Morgan fingerprint density at radius 1 is 1.24 bits per heavy atom. The number of carbonyl (C=O) groups excluding carboxylic acids is 1. The van der Waals surface area contributed by atoms with Crippen molar-refractivity contribution in [2.45, 2.75) is 59.3 Å². The molecule has 2 rings (SSSR count). The molecule has 5 heteroatoms. The van der Waals surface area contributed by atoms with Gasteiger partial charge in [-0.2, -0.15) is 4.98 Å². The molecule has 0 aliphatic heterocycles. The van der Waals surface area contributed by atoms with Gasteiger partial charge in [0, 0.05) is 11.5 Å². The average molecular weight is 345 g/mol. The zero-order valence-electron chi connectivity index (χ0n) is 15.9. The van der Waals surface area contributed by atoms with Crippen molar-refractivity contribution in [2.75, 3.05) is 6.54 Å². The third kappa shape index (κ3) is 7.61. The molecule has 2 aromatic rings. The van der Waals surface area contributed by atoms with E-state index >= 15 is 0 Å². The summed E-state index contributed by atoms with van der Waals surface area (Å²) in [5, 5.41) is 4.14. The van der Waals surface area contributed by atoms with Gasteiger partial charge in [0.15, 0.2) is 0 Å². The summed E-state index contributed by atoms with van der Waals surface area (Å²) in [5.74, 6) is 2.61. The largest absolute Gasteiger partial charge is 0.339 e. The normalized spacial score (nSPS) is 12.8. The molecule has 0 aliphatic carbocycles. The van der Waals surface area contributed by atoms with Gasteiger partial charge in [-0.05, 0) is 25.7 Å². The highest BCUT2D eigenvalue weighted by molar-refractivity contribution is 5.77. The van der Waals surface area contributed by atoms with E-state index in [1.807, 2.05) is 30.3 Å². The first-order valence-electron chi connectivity index (χ1n) is 9.10. The van der Waals surface area contributed by atoms with Crippen LogP contribution in [0.25, 0.3) is 11.4 Å². The summed E-state index contributed by atoms with van der Waals surface area (Å²) in [7, 11) is 0. The maximum absolute atomic E-state index is 9.69. The van der Waals surface area contributed by atoms with Gasteiger partial charge in [0.05, 0.1) is 6.54 Å². The smallest absolute Gasteiger partial charge is 0.230 e.